The highest BCUT2D eigenvalue weighted by Crippen LogP contribution is 2.15. The summed E-state index contributed by atoms with van der Waals surface area (Å²) in [6.07, 6.45) is 2.44. The summed E-state index contributed by atoms with van der Waals surface area (Å²) < 4.78 is 5.26. The van der Waals surface area contributed by atoms with Crippen LogP contribution in [0.1, 0.15) is 17.0 Å². The van der Waals surface area contributed by atoms with Crippen LogP contribution in [0, 0.1) is 0 Å². The molecule has 0 aromatic carbocycles. The molecule has 0 saturated carbocycles. The predicted octanol–water partition coefficient (Wildman–Crippen LogP) is 0.00800. The fraction of sp³-hybridized carbons (Fsp3) is 0.500. The maximum atomic E-state index is 5.54. The molecule has 1 aliphatic heterocycles. The number of aromatic nitrogens is 2. The number of nitrogens with zero attached hydrogens (tertiary/aromatic N) is 2. The lowest BCUT2D eigenvalue weighted by molar-refractivity contribution is 0.106. The van der Waals surface area contributed by atoms with Crippen LogP contribution in [-0.4, -0.2) is 16.6 Å². The van der Waals surface area contributed by atoms with Crippen LogP contribution >= 0.6 is 0 Å². The first-order valence-corrected chi connectivity index (χ1v) is 4.01. The van der Waals surface area contributed by atoms with Gasteiger partial charge in [0, 0.05) is 12.1 Å². The van der Waals surface area contributed by atoms with Crippen LogP contribution in [0.5, 0.6) is 0 Å². The monoisotopic (exact) mass is 165 g/mol. The highest BCUT2D eigenvalue weighted by molar-refractivity contribution is 5.25. The summed E-state index contributed by atoms with van der Waals surface area (Å²) in [4.78, 5) is 8.26. The maximum absolute atomic E-state index is 5.54. The average Bonchev–Trinajstić information content (AvgIpc) is 2.17. The van der Waals surface area contributed by atoms with Crippen molar-refractivity contribution in [3.05, 3.63) is 23.3 Å². The van der Waals surface area contributed by atoms with Gasteiger partial charge in [-0.1, -0.05) is 0 Å². The van der Waals surface area contributed by atoms with E-state index in [0.717, 1.165) is 24.4 Å². The Bertz CT molecular complexity index is 273. The van der Waals surface area contributed by atoms with Gasteiger partial charge in [-0.2, -0.15) is 0 Å². The van der Waals surface area contributed by atoms with Gasteiger partial charge in [0.2, 0.25) is 0 Å². The van der Waals surface area contributed by atoms with E-state index in [-0.39, 0.29) is 0 Å². The summed E-state index contributed by atoms with van der Waals surface area (Å²) in [5.41, 5.74) is 8.69. The Morgan fingerprint density at radius 3 is 3.25 bits per heavy atom. The quantitative estimate of drug-likeness (QED) is 0.636. The van der Waals surface area contributed by atoms with E-state index in [1.165, 1.54) is 5.56 Å². The second-order valence-corrected chi connectivity index (χ2v) is 2.75. The molecule has 0 spiro atoms. The van der Waals surface area contributed by atoms with Gasteiger partial charge < -0.3 is 10.5 Å². The predicted molar refractivity (Wildman–Crippen MR) is 43.3 cm³/mol. The van der Waals surface area contributed by atoms with Crippen LogP contribution in [0.3, 0.4) is 0 Å². The Hall–Kier alpha value is -1.00. The van der Waals surface area contributed by atoms with Crippen LogP contribution in [0.2, 0.25) is 0 Å². The molecule has 0 bridgehead atoms. The number of ether oxygens (including phenoxy) is 1. The minimum absolute atomic E-state index is 0.491. The molecule has 0 saturated heterocycles. The Morgan fingerprint density at radius 2 is 2.42 bits per heavy atom. The van der Waals surface area contributed by atoms with Gasteiger partial charge in [-0.05, 0) is 6.42 Å². The number of fused-ring (bicyclic) bond motifs is 1. The molecule has 1 aromatic heterocycles. The zero-order chi connectivity index (χ0) is 8.39. The second kappa shape index (κ2) is 3.16. The van der Waals surface area contributed by atoms with E-state index in [1.54, 1.807) is 6.33 Å². The van der Waals surface area contributed by atoms with Gasteiger partial charge in [0.05, 0.1) is 24.6 Å². The second-order valence-electron chi connectivity index (χ2n) is 2.75. The molecule has 0 unspecified atom stereocenters. The molecule has 1 aromatic rings. The van der Waals surface area contributed by atoms with Crippen molar-refractivity contribution in [2.24, 2.45) is 5.73 Å². The minimum Gasteiger partial charge on any atom is -0.375 e. The minimum atomic E-state index is 0.491. The van der Waals surface area contributed by atoms with Gasteiger partial charge in [-0.3, -0.25) is 0 Å². The fourth-order valence-corrected chi connectivity index (χ4v) is 1.42. The molecule has 64 valence electrons. The summed E-state index contributed by atoms with van der Waals surface area (Å²) in [5.74, 6) is 0. The Kier molecular flexibility index (Phi) is 2.01. The van der Waals surface area contributed by atoms with Crippen molar-refractivity contribution in [1.29, 1.82) is 0 Å². The maximum Gasteiger partial charge on any atom is 0.116 e. The van der Waals surface area contributed by atoms with Crippen LogP contribution in [0.4, 0.5) is 0 Å². The smallest absolute Gasteiger partial charge is 0.116 e. The van der Waals surface area contributed by atoms with Gasteiger partial charge in [-0.25, -0.2) is 9.97 Å². The first kappa shape index (κ1) is 7.64. The topological polar surface area (TPSA) is 61.0 Å². The zero-order valence-corrected chi connectivity index (χ0v) is 6.79. The molecular weight excluding hydrogens is 154 g/mol. The van der Waals surface area contributed by atoms with Gasteiger partial charge in [0.25, 0.3) is 0 Å². The molecule has 0 aliphatic carbocycles. The molecule has 2 N–H and O–H groups in total. The molecule has 0 radical (unpaired) electrons. The van der Waals surface area contributed by atoms with Crippen molar-refractivity contribution in [2.75, 3.05) is 6.61 Å². The standard InChI is InChI=1S/C8H11N3O/c9-3-7-6-1-2-12-4-8(6)11-5-10-7/h5H,1-4,9H2. The lowest BCUT2D eigenvalue weighted by atomic mass is 10.1. The third-order valence-corrected chi connectivity index (χ3v) is 2.05. The highest BCUT2D eigenvalue weighted by Gasteiger charge is 2.14. The number of hydrogen-bond donors (Lipinski definition) is 1. The fourth-order valence-electron chi connectivity index (χ4n) is 1.42. The molecule has 4 heteroatoms. The molecule has 12 heavy (non-hydrogen) atoms. The first-order valence-electron chi connectivity index (χ1n) is 4.01. The van der Waals surface area contributed by atoms with E-state index in [0.29, 0.717) is 13.2 Å². The van der Waals surface area contributed by atoms with Crippen molar-refractivity contribution < 1.29 is 4.74 Å². The lowest BCUT2D eigenvalue weighted by Crippen LogP contribution is -2.16. The third-order valence-electron chi connectivity index (χ3n) is 2.05. The van der Waals surface area contributed by atoms with Crippen LogP contribution < -0.4 is 5.73 Å². The van der Waals surface area contributed by atoms with Crippen molar-refractivity contribution in [1.82, 2.24) is 9.97 Å². The Labute approximate surface area is 70.8 Å². The number of rotatable bonds is 1. The van der Waals surface area contributed by atoms with Crippen molar-refractivity contribution >= 4 is 0 Å². The van der Waals surface area contributed by atoms with Gasteiger partial charge in [0.1, 0.15) is 6.33 Å². The highest BCUT2D eigenvalue weighted by atomic mass is 16.5. The van der Waals surface area contributed by atoms with Crippen molar-refractivity contribution in [3.63, 3.8) is 0 Å². The molecule has 0 amide bonds. The molecule has 2 rings (SSSR count). The zero-order valence-electron chi connectivity index (χ0n) is 6.79. The van der Waals surface area contributed by atoms with E-state index in [1.807, 2.05) is 0 Å². The molecule has 2 heterocycles. The summed E-state index contributed by atoms with van der Waals surface area (Å²) in [7, 11) is 0. The molecule has 4 nitrogen and oxygen atoms in total. The van der Waals surface area contributed by atoms with Gasteiger partial charge in [0.15, 0.2) is 0 Å². The lowest BCUT2D eigenvalue weighted by Gasteiger charge is -2.16. The van der Waals surface area contributed by atoms with Gasteiger partial charge in [-0.15, -0.1) is 0 Å². The molecule has 0 atom stereocenters. The largest absolute Gasteiger partial charge is 0.375 e. The molecular formula is C8H11N3O. The molecule has 0 fully saturated rings. The van der Waals surface area contributed by atoms with Crippen LogP contribution in [0.15, 0.2) is 6.33 Å². The normalized spacial score (nSPS) is 15.8. The summed E-state index contributed by atoms with van der Waals surface area (Å²) in [6.45, 7) is 1.85. The summed E-state index contributed by atoms with van der Waals surface area (Å²) in [6, 6.07) is 0. The van der Waals surface area contributed by atoms with Crippen LogP contribution in [0.25, 0.3) is 0 Å². The SMILES string of the molecule is NCc1ncnc2c1CCOC2. The Balaban J connectivity index is 2.44. The van der Waals surface area contributed by atoms with E-state index in [4.69, 9.17) is 10.5 Å². The van der Waals surface area contributed by atoms with E-state index >= 15 is 0 Å². The van der Waals surface area contributed by atoms with Gasteiger partial charge >= 0.3 is 0 Å². The third kappa shape index (κ3) is 1.19. The number of nitrogens with two attached hydrogens (primary N) is 1. The van der Waals surface area contributed by atoms with E-state index in [2.05, 4.69) is 9.97 Å². The summed E-state index contributed by atoms with van der Waals surface area (Å²) >= 11 is 0. The average molecular weight is 165 g/mol. The summed E-state index contributed by atoms with van der Waals surface area (Å²) in [5, 5.41) is 0. The van der Waals surface area contributed by atoms with Crippen molar-refractivity contribution in [3.8, 4) is 0 Å². The Morgan fingerprint density at radius 1 is 1.50 bits per heavy atom. The molecule has 1 aliphatic rings. The first-order chi connectivity index (χ1) is 5.92. The van der Waals surface area contributed by atoms with E-state index in [9.17, 15) is 0 Å². The van der Waals surface area contributed by atoms with Crippen molar-refractivity contribution in [2.45, 2.75) is 19.6 Å². The van der Waals surface area contributed by atoms with E-state index < -0.39 is 0 Å². The van der Waals surface area contributed by atoms with Crippen LogP contribution in [-0.2, 0) is 24.3 Å². The number of hydrogen-bond acceptors (Lipinski definition) is 4.